The molecule has 0 aliphatic carbocycles. The van der Waals surface area contributed by atoms with Crippen LogP contribution in [0.1, 0.15) is 15.9 Å². The summed E-state index contributed by atoms with van der Waals surface area (Å²) in [7, 11) is 0. The third kappa shape index (κ3) is 2.21. The fraction of sp³-hybridized carbons (Fsp3) is 0.100. The van der Waals surface area contributed by atoms with Gasteiger partial charge in [-0.15, -0.1) is 0 Å². The van der Waals surface area contributed by atoms with Crippen molar-refractivity contribution in [3.8, 4) is 0 Å². The van der Waals surface area contributed by atoms with Crippen molar-refractivity contribution in [1.82, 2.24) is 0 Å². The lowest BCUT2D eigenvalue weighted by molar-refractivity contribution is -0.137. The maximum absolute atomic E-state index is 12.6. The molecular formula is C10H4BrF3N2O3. The zero-order chi connectivity index (χ0) is 14.4. The van der Waals surface area contributed by atoms with Crippen LogP contribution in [0.5, 0.6) is 0 Å². The number of hydrogen-bond acceptors (Lipinski definition) is 4. The van der Waals surface area contributed by atoms with Gasteiger partial charge in [0.05, 0.1) is 16.8 Å². The largest absolute Gasteiger partial charge is 0.416 e. The molecule has 9 heteroatoms. The number of fused-ring (bicyclic) bond motifs is 1. The summed E-state index contributed by atoms with van der Waals surface area (Å²) in [5, 5.41) is 13.1. The number of oxime groups is 1. The highest BCUT2D eigenvalue weighted by molar-refractivity contribution is 9.10. The van der Waals surface area contributed by atoms with Crippen LogP contribution in [-0.2, 0) is 11.0 Å². The van der Waals surface area contributed by atoms with Crippen LogP contribution in [0.25, 0.3) is 0 Å². The van der Waals surface area contributed by atoms with Crippen molar-refractivity contribution in [3.63, 3.8) is 0 Å². The van der Waals surface area contributed by atoms with Crippen LogP contribution in [0, 0.1) is 0 Å². The van der Waals surface area contributed by atoms with Crippen molar-refractivity contribution in [2.45, 2.75) is 6.18 Å². The second kappa shape index (κ2) is 4.34. The summed E-state index contributed by atoms with van der Waals surface area (Å²) in [5.74, 6) is -2.02. The number of rotatable bonds is 0. The molecular weight excluding hydrogens is 333 g/mol. The van der Waals surface area contributed by atoms with E-state index in [-0.39, 0.29) is 15.7 Å². The van der Waals surface area contributed by atoms with E-state index >= 15 is 0 Å². The first-order valence-corrected chi connectivity index (χ1v) is 5.54. The van der Waals surface area contributed by atoms with Crippen molar-refractivity contribution in [2.75, 3.05) is 5.32 Å². The Kier molecular flexibility index (Phi) is 3.09. The molecule has 1 heterocycles. The number of Topliss-reactive ketones (excluding diaryl/α,β-unsaturated/α-hetero) is 1. The lowest BCUT2D eigenvalue weighted by Gasteiger charge is -2.19. The molecule has 0 spiro atoms. The molecule has 0 atom stereocenters. The third-order valence-corrected chi connectivity index (χ3v) is 3.05. The number of hydrogen-bond donors (Lipinski definition) is 2. The van der Waals surface area contributed by atoms with E-state index < -0.39 is 29.1 Å². The second-order valence-electron chi connectivity index (χ2n) is 3.61. The molecule has 2 N–H and O–H groups in total. The molecule has 19 heavy (non-hydrogen) atoms. The van der Waals surface area contributed by atoms with Crippen LogP contribution in [-0.4, -0.2) is 22.6 Å². The molecule has 1 aromatic rings. The van der Waals surface area contributed by atoms with E-state index in [4.69, 9.17) is 5.21 Å². The topological polar surface area (TPSA) is 78.8 Å². The maximum atomic E-state index is 12.6. The number of alkyl halides is 3. The molecule has 0 aromatic heterocycles. The lowest BCUT2D eigenvalue weighted by Crippen LogP contribution is -2.36. The third-order valence-electron chi connectivity index (χ3n) is 2.42. The van der Waals surface area contributed by atoms with Crippen LogP contribution in [0.4, 0.5) is 18.9 Å². The van der Waals surface area contributed by atoms with Crippen molar-refractivity contribution < 1.29 is 28.0 Å². The Morgan fingerprint density at radius 1 is 1.26 bits per heavy atom. The number of nitrogens with zero attached hydrogens (tertiary/aromatic N) is 1. The van der Waals surface area contributed by atoms with E-state index in [0.29, 0.717) is 12.1 Å². The SMILES string of the molecule is O=C1Nc2cc(C(F)(F)F)cc(Br)c2C(=O)C1=NO. The number of nitrogens with one attached hydrogen (secondary N) is 1. The van der Waals surface area contributed by atoms with E-state index in [1.807, 2.05) is 0 Å². The first-order valence-electron chi connectivity index (χ1n) is 4.74. The van der Waals surface area contributed by atoms with Crippen LogP contribution in [0.15, 0.2) is 21.8 Å². The molecule has 1 aliphatic heterocycles. The summed E-state index contributed by atoms with van der Waals surface area (Å²) in [6, 6.07) is 1.35. The number of carbonyl (C=O) groups excluding carboxylic acids is 2. The molecule has 0 saturated heterocycles. The van der Waals surface area contributed by atoms with Gasteiger partial charge < -0.3 is 10.5 Å². The molecule has 1 aromatic carbocycles. The molecule has 0 bridgehead atoms. The quantitative estimate of drug-likeness (QED) is 0.564. The Bertz CT molecular complexity index is 625. The zero-order valence-electron chi connectivity index (χ0n) is 8.88. The molecule has 0 saturated carbocycles. The van der Waals surface area contributed by atoms with Gasteiger partial charge in [-0.05, 0) is 28.1 Å². The van der Waals surface area contributed by atoms with E-state index in [1.54, 1.807) is 0 Å². The van der Waals surface area contributed by atoms with Gasteiger partial charge in [-0.3, -0.25) is 9.59 Å². The zero-order valence-corrected chi connectivity index (χ0v) is 10.5. The minimum Gasteiger partial charge on any atom is -0.410 e. The summed E-state index contributed by atoms with van der Waals surface area (Å²) in [5.41, 5.74) is -2.28. The van der Waals surface area contributed by atoms with Gasteiger partial charge in [0.25, 0.3) is 5.91 Å². The van der Waals surface area contributed by atoms with Crippen molar-refractivity contribution in [1.29, 1.82) is 0 Å². The number of benzene rings is 1. The Hall–Kier alpha value is -1.90. The smallest absolute Gasteiger partial charge is 0.410 e. The van der Waals surface area contributed by atoms with Gasteiger partial charge >= 0.3 is 6.18 Å². The van der Waals surface area contributed by atoms with Crippen LogP contribution >= 0.6 is 15.9 Å². The van der Waals surface area contributed by atoms with Crippen molar-refractivity contribution in [3.05, 3.63) is 27.7 Å². The first-order chi connectivity index (χ1) is 8.75. The molecule has 5 nitrogen and oxygen atoms in total. The fourth-order valence-electron chi connectivity index (χ4n) is 1.59. The number of carbonyl (C=O) groups is 2. The standard InChI is InChI=1S/C10H4BrF3N2O3/c11-4-1-3(10(12,13)14)2-5-6(4)8(17)7(16-19)9(18)15-5/h1-2,19H,(H,15,18). The minimum absolute atomic E-state index is 0.150. The summed E-state index contributed by atoms with van der Waals surface area (Å²) in [6.45, 7) is 0. The summed E-state index contributed by atoms with van der Waals surface area (Å²) in [6.07, 6.45) is -4.61. The molecule has 100 valence electrons. The van der Waals surface area contributed by atoms with E-state index in [0.717, 1.165) is 0 Å². The predicted molar refractivity (Wildman–Crippen MR) is 61.3 cm³/mol. The average molecular weight is 337 g/mol. The molecule has 2 rings (SSSR count). The number of halogens is 4. The first kappa shape index (κ1) is 13.5. The highest BCUT2D eigenvalue weighted by Gasteiger charge is 2.37. The Morgan fingerprint density at radius 2 is 1.89 bits per heavy atom. The molecule has 0 fully saturated rings. The number of anilines is 1. The molecule has 1 amide bonds. The Labute approximate surface area is 112 Å². The van der Waals surface area contributed by atoms with Crippen LogP contribution in [0.3, 0.4) is 0 Å². The average Bonchev–Trinajstić information content (AvgIpc) is 2.26. The molecule has 1 aliphatic rings. The Morgan fingerprint density at radius 3 is 2.42 bits per heavy atom. The highest BCUT2D eigenvalue weighted by Crippen LogP contribution is 2.37. The van der Waals surface area contributed by atoms with Crippen molar-refractivity contribution in [2.24, 2.45) is 5.16 Å². The van der Waals surface area contributed by atoms with Crippen LogP contribution < -0.4 is 5.32 Å². The van der Waals surface area contributed by atoms with Crippen molar-refractivity contribution >= 4 is 39.0 Å². The van der Waals surface area contributed by atoms with Gasteiger partial charge in [0.1, 0.15) is 0 Å². The van der Waals surface area contributed by atoms with E-state index in [2.05, 4.69) is 26.4 Å². The lowest BCUT2D eigenvalue weighted by atomic mass is 9.98. The van der Waals surface area contributed by atoms with E-state index in [1.165, 1.54) is 0 Å². The summed E-state index contributed by atoms with van der Waals surface area (Å²) >= 11 is 2.83. The van der Waals surface area contributed by atoms with Crippen LogP contribution in [0.2, 0.25) is 0 Å². The Balaban J connectivity index is 2.66. The summed E-state index contributed by atoms with van der Waals surface area (Å²) < 4.78 is 37.6. The van der Waals surface area contributed by atoms with Gasteiger partial charge in [-0.1, -0.05) is 5.16 Å². The minimum atomic E-state index is -4.61. The predicted octanol–water partition coefficient (Wildman–Crippen LogP) is 2.43. The monoisotopic (exact) mass is 336 g/mol. The summed E-state index contributed by atoms with van der Waals surface area (Å²) in [4.78, 5) is 23.1. The molecule has 0 unspecified atom stereocenters. The second-order valence-corrected chi connectivity index (χ2v) is 4.46. The molecule has 0 radical (unpaired) electrons. The fourth-order valence-corrected chi connectivity index (χ4v) is 2.23. The van der Waals surface area contributed by atoms with E-state index in [9.17, 15) is 22.8 Å². The van der Waals surface area contributed by atoms with Gasteiger partial charge in [-0.25, -0.2) is 0 Å². The van der Waals surface area contributed by atoms with Gasteiger partial charge in [0.15, 0.2) is 0 Å². The maximum Gasteiger partial charge on any atom is 0.416 e. The van der Waals surface area contributed by atoms with Gasteiger partial charge in [0, 0.05) is 4.47 Å². The highest BCUT2D eigenvalue weighted by atomic mass is 79.9. The number of amides is 1. The van der Waals surface area contributed by atoms with Gasteiger partial charge in [-0.2, -0.15) is 13.2 Å². The number of ketones is 1. The van der Waals surface area contributed by atoms with Gasteiger partial charge in [0.2, 0.25) is 11.5 Å². The normalized spacial score (nSPS) is 17.4.